The first kappa shape index (κ1) is 31.9. The standard InChI is InChI=1S/C51H32N4O/c1-4-16-33(17-5-1)49-52-50(34-18-6-2-7-19-34)54-51(53-49)42-27-14-26-41-47-40(25-15-29-46(47)56-48(41)42)38-23-11-10-22-37(38)35-30-31-45-43(32-35)39-24-12-13-28-44(39)55(45)36-20-8-3-9-21-36/h1-32H. The molecule has 56 heavy (non-hydrogen) atoms. The Kier molecular flexibility index (Phi) is 7.42. The number of hydrogen-bond acceptors (Lipinski definition) is 4. The van der Waals surface area contributed by atoms with Crippen LogP contribution in [-0.2, 0) is 0 Å². The van der Waals surface area contributed by atoms with Crippen LogP contribution in [0, 0.1) is 0 Å². The van der Waals surface area contributed by atoms with Crippen LogP contribution in [0.3, 0.4) is 0 Å². The number of nitrogens with zero attached hydrogens (tertiary/aromatic N) is 4. The lowest BCUT2D eigenvalue weighted by Crippen LogP contribution is -2.00. The van der Waals surface area contributed by atoms with Crippen molar-refractivity contribution in [1.82, 2.24) is 19.5 Å². The highest BCUT2D eigenvalue weighted by Crippen LogP contribution is 2.44. The summed E-state index contributed by atoms with van der Waals surface area (Å²) in [5, 5.41) is 4.51. The van der Waals surface area contributed by atoms with Crippen LogP contribution in [0.2, 0.25) is 0 Å². The first-order valence-electron chi connectivity index (χ1n) is 18.8. The van der Waals surface area contributed by atoms with Gasteiger partial charge in [-0.15, -0.1) is 0 Å². The summed E-state index contributed by atoms with van der Waals surface area (Å²) in [7, 11) is 0. The lowest BCUT2D eigenvalue weighted by atomic mass is 9.91. The van der Waals surface area contributed by atoms with E-state index < -0.39 is 0 Å². The van der Waals surface area contributed by atoms with Gasteiger partial charge in [0.25, 0.3) is 0 Å². The smallest absolute Gasteiger partial charge is 0.167 e. The highest BCUT2D eigenvalue weighted by atomic mass is 16.3. The maximum atomic E-state index is 6.78. The van der Waals surface area contributed by atoms with Crippen molar-refractivity contribution >= 4 is 43.7 Å². The van der Waals surface area contributed by atoms with E-state index in [9.17, 15) is 0 Å². The zero-order valence-corrected chi connectivity index (χ0v) is 30.2. The fourth-order valence-electron chi connectivity index (χ4n) is 8.14. The molecule has 0 spiro atoms. The third-order valence-corrected chi connectivity index (χ3v) is 10.7. The molecule has 5 nitrogen and oxygen atoms in total. The van der Waals surface area contributed by atoms with E-state index in [0.29, 0.717) is 17.5 Å². The van der Waals surface area contributed by atoms with Gasteiger partial charge in [0.2, 0.25) is 0 Å². The van der Waals surface area contributed by atoms with E-state index in [4.69, 9.17) is 19.4 Å². The second-order valence-corrected chi connectivity index (χ2v) is 14.0. The summed E-state index contributed by atoms with van der Waals surface area (Å²) < 4.78 is 9.14. The van der Waals surface area contributed by atoms with Crippen LogP contribution in [0.25, 0.3) is 106 Å². The number of para-hydroxylation sites is 3. The molecule has 0 saturated carbocycles. The Morgan fingerprint density at radius 3 is 1.66 bits per heavy atom. The first-order chi connectivity index (χ1) is 27.8. The molecule has 8 aromatic carbocycles. The average Bonchev–Trinajstić information content (AvgIpc) is 3.83. The van der Waals surface area contributed by atoms with Crippen LogP contribution in [-0.4, -0.2) is 19.5 Å². The van der Waals surface area contributed by atoms with Crippen molar-refractivity contribution in [2.24, 2.45) is 0 Å². The van der Waals surface area contributed by atoms with Gasteiger partial charge in [-0.2, -0.15) is 0 Å². The highest BCUT2D eigenvalue weighted by Gasteiger charge is 2.21. The van der Waals surface area contributed by atoms with E-state index in [1.54, 1.807) is 0 Å². The molecule has 11 rings (SSSR count). The first-order valence-corrected chi connectivity index (χ1v) is 18.8. The van der Waals surface area contributed by atoms with E-state index in [2.05, 4.69) is 126 Å². The van der Waals surface area contributed by atoms with Crippen molar-refractivity contribution in [2.45, 2.75) is 0 Å². The van der Waals surface area contributed by atoms with Gasteiger partial charge in [-0.1, -0.05) is 152 Å². The molecule has 0 aliphatic carbocycles. The van der Waals surface area contributed by atoms with Gasteiger partial charge in [-0.25, -0.2) is 15.0 Å². The van der Waals surface area contributed by atoms with Crippen molar-refractivity contribution in [3.05, 3.63) is 194 Å². The van der Waals surface area contributed by atoms with Gasteiger partial charge in [0.1, 0.15) is 11.2 Å². The SMILES string of the molecule is c1ccc(-c2nc(-c3ccccc3)nc(-c3cccc4c3oc3cccc(-c5ccccc5-c5ccc6c(c5)c5ccccc5n6-c5ccccc5)c34)n2)cc1. The largest absolute Gasteiger partial charge is 0.455 e. The van der Waals surface area contributed by atoms with Gasteiger partial charge in [-0.3, -0.25) is 0 Å². The molecule has 0 aliphatic heterocycles. The van der Waals surface area contributed by atoms with Crippen molar-refractivity contribution in [2.75, 3.05) is 0 Å². The number of fused-ring (bicyclic) bond motifs is 6. The lowest BCUT2D eigenvalue weighted by Gasteiger charge is -2.12. The van der Waals surface area contributed by atoms with Crippen LogP contribution in [0.5, 0.6) is 0 Å². The van der Waals surface area contributed by atoms with Crippen LogP contribution >= 0.6 is 0 Å². The highest BCUT2D eigenvalue weighted by molar-refractivity contribution is 6.16. The lowest BCUT2D eigenvalue weighted by molar-refractivity contribution is 0.669. The number of aromatic nitrogens is 4. The maximum Gasteiger partial charge on any atom is 0.167 e. The molecule has 0 saturated heterocycles. The molecule has 0 fully saturated rings. The van der Waals surface area contributed by atoms with Crippen LogP contribution < -0.4 is 0 Å². The molecule has 11 aromatic rings. The number of hydrogen-bond donors (Lipinski definition) is 0. The Morgan fingerprint density at radius 1 is 0.357 bits per heavy atom. The summed E-state index contributed by atoms with van der Waals surface area (Å²) in [6, 6.07) is 67.5. The second-order valence-electron chi connectivity index (χ2n) is 14.0. The molecule has 0 atom stereocenters. The number of furan rings is 1. The van der Waals surface area contributed by atoms with Crippen LogP contribution in [0.15, 0.2) is 199 Å². The Labute approximate surface area is 322 Å². The Morgan fingerprint density at radius 2 is 0.911 bits per heavy atom. The Bertz CT molecular complexity index is 3180. The fourth-order valence-corrected chi connectivity index (χ4v) is 8.14. The van der Waals surface area contributed by atoms with Gasteiger partial charge in [-0.05, 0) is 64.7 Å². The number of rotatable bonds is 6. The predicted molar refractivity (Wildman–Crippen MR) is 229 cm³/mol. The molecule has 3 heterocycles. The normalized spacial score (nSPS) is 11.6. The molecule has 0 radical (unpaired) electrons. The summed E-state index contributed by atoms with van der Waals surface area (Å²) in [5.41, 5.74) is 12.3. The molecule has 0 N–H and O–H groups in total. The quantitative estimate of drug-likeness (QED) is 0.172. The van der Waals surface area contributed by atoms with E-state index in [1.807, 2.05) is 72.8 Å². The Balaban J connectivity index is 1.09. The fraction of sp³-hybridized carbons (Fsp3) is 0. The van der Waals surface area contributed by atoms with E-state index >= 15 is 0 Å². The summed E-state index contributed by atoms with van der Waals surface area (Å²) in [6.07, 6.45) is 0. The second kappa shape index (κ2) is 13.0. The van der Waals surface area contributed by atoms with Gasteiger partial charge in [0, 0.05) is 38.4 Å². The molecule has 0 aliphatic rings. The van der Waals surface area contributed by atoms with E-state index in [0.717, 1.165) is 66.6 Å². The monoisotopic (exact) mass is 716 g/mol. The third-order valence-electron chi connectivity index (χ3n) is 10.7. The molecular weight excluding hydrogens is 685 g/mol. The van der Waals surface area contributed by atoms with Crippen molar-refractivity contribution in [1.29, 1.82) is 0 Å². The van der Waals surface area contributed by atoms with Crippen molar-refractivity contribution < 1.29 is 4.42 Å². The molecule has 3 aromatic heterocycles. The van der Waals surface area contributed by atoms with Crippen molar-refractivity contribution in [3.8, 4) is 62.1 Å². The third kappa shape index (κ3) is 5.21. The van der Waals surface area contributed by atoms with Crippen molar-refractivity contribution in [3.63, 3.8) is 0 Å². The van der Waals surface area contributed by atoms with E-state index in [-0.39, 0.29) is 0 Å². The molecule has 262 valence electrons. The van der Waals surface area contributed by atoms with Gasteiger partial charge in [0.15, 0.2) is 17.5 Å². The minimum Gasteiger partial charge on any atom is -0.455 e. The number of benzene rings is 8. The topological polar surface area (TPSA) is 56.7 Å². The van der Waals surface area contributed by atoms with Crippen LogP contribution in [0.1, 0.15) is 0 Å². The summed E-state index contributed by atoms with van der Waals surface area (Å²) in [5.74, 6) is 1.79. The summed E-state index contributed by atoms with van der Waals surface area (Å²) >= 11 is 0. The zero-order valence-electron chi connectivity index (χ0n) is 30.2. The molecular formula is C51H32N4O. The molecule has 5 heteroatoms. The minimum atomic E-state index is 0.562. The molecule has 0 bridgehead atoms. The van der Waals surface area contributed by atoms with Gasteiger partial charge < -0.3 is 8.98 Å². The zero-order chi connectivity index (χ0) is 37.0. The summed E-state index contributed by atoms with van der Waals surface area (Å²) in [6.45, 7) is 0. The Hall–Kier alpha value is -7.63. The molecule has 0 amide bonds. The maximum absolute atomic E-state index is 6.78. The van der Waals surface area contributed by atoms with Gasteiger partial charge in [0.05, 0.1) is 16.6 Å². The minimum absolute atomic E-state index is 0.562. The molecule has 0 unspecified atom stereocenters. The average molecular weight is 717 g/mol. The van der Waals surface area contributed by atoms with E-state index in [1.165, 1.54) is 21.8 Å². The summed E-state index contributed by atoms with van der Waals surface area (Å²) in [4.78, 5) is 15.0. The van der Waals surface area contributed by atoms with Crippen LogP contribution in [0.4, 0.5) is 0 Å². The van der Waals surface area contributed by atoms with Gasteiger partial charge >= 0.3 is 0 Å². The predicted octanol–water partition coefficient (Wildman–Crippen LogP) is 13.2.